The van der Waals surface area contributed by atoms with E-state index in [2.05, 4.69) is 10.6 Å². The molecule has 2 N–H and O–H groups in total. The molecule has 0 aliphatic heterocycles. The van der Waals surface area contributed by atoms with Gasteiger partial charge in [-0.2, -0.15) is 0 Å². The fraction of sp³-hybridized carbons (Fsp3) is 0.200. The van der Waals surface area contributed by atoms with Crippen LogP contribution >= 0.6 is 0 Å². The van der Waals surface area contributed by atoms with E-state index in [1.165, 1.54) is 6.92 Å². The number of carbonyl (C=O) groups is 2. The Bertz CT molecular complexity index is 755. The molecular formula is C20H22N2O3. The molecule has 25 heavy (non-hydrogen) atoms. The molecule has 5 nitrogen and oxygen atoms in total. The van der Waals surface area contributed by atoms with Crippen LogP contribution in [0.3, 0.4) is 0 Å². The maximum Gasteiger partial charge on any atom is 0.224 e. The van der Waals surface area contributed by atoms with Gasteiger partial charge in [-0.3, -0.25) is 9.59 Å². The normalized spacial score (nSPS) is 10.5. The molecule has 0 radical (unpaired) electrons. The highest BCUT2D eigenvalue weighted by Gasteiger charge is 2.09. The van der Waals surface area contributed by atoms with Crippen molar-refractivity contribution in [3.63, 3.8) is 0 Å². The largest absolute Gasteiger partial charge is 0.497 e. The lowest BCUT2D eigenvalue weighted by atomic mass is 10.2. The second-order valence-corrected chi connectivity index (χ2v) is 5.49. The zero-order valence-electron chi connectivity index (χ0n) is 14.4. The minimum absolute atomic E-state index is 0.127. The first-order valence-corrected chi connectivity index (χ1v) is 8.05. The molecule has 0 aliphatic carbocycles. The summed E-state index contributed by atoms with van der Waals surface area (Å²) in [5.41, 5.74) is 2.16. The van der Waals surface area contributed by atoms with Gasteiger partial charge in [0.2, 0.25) is 11.8 Å². The van der Waals surface area contributed by atoms with Gasteiger partial charge in [0.05, 0.1) is 18.5 Å². The third-order valence-corrected chi connectivity index (χ3v) is 3.46. The molecule has 0 bridgehead atoms. The van der Waals surface area contributed by atoms with Crippen LogP contribution in [0.2, 0.25) is 0 Å². The van der Waals surface area contributed by atoms with Crippen molar-refractivity contribution in [1.82, 2.24) is 0 Å². The predicted molar refractivity (Wildman–Crippen MR) is 101 cm³/mol. The van der Waals surface area contributed by atoms with Crippen molar-refractivity contribution in [1.29, 1.82) is 0 Å². The van der Waals surface area contributed by atoms with Gasteiger partial charge < -0.3 is 15.4 Å². The number of nitrogens with one attached hydrogen (secondary N) is 2. The molecule has 2 aromatic rings. The molecule has 0 unspecified atom stereocenters. The van der Waals surface area contributed by atoms with Gasteiger partial charge in [0.1, 0.15) is 5.75 Å². The highest BCUT2D eigenvalue weighted by molar-refractivity contribution is 5.99. The van der Waals surface area contributed by atoms with E-state index in [-0.39, 0.29) is 11.8 Å². The number of carbonyl (C=O) groups excluding carboxylic acids is 2. The van der Waals surface area contributed by atoms with Crippen molar-refractivity contribution in [2.45, 2.75) is 19.8 Å². The Balaban J connectivity index is 1.94. The van der Waals surface area contributed by atoms with Gasteiger partial charge >= 0.3 is 0 Å². The van der Waals surface area contributed by atoms with E-state index in [9.17, 15) is 9.59 Å². The summed E-state index contributed by atoms with van der Waals surface area (Å²) < 4.78 is 5.17. The van der Waals surface area contributed by atoms with Gasteiger partial charge in [-0.05, 0) is 24.1 Å². The van der Waals surface area contributed by atoms with Crippen molar-refractivity contribution in [3.05, 3.63) is 60.2 Å². The number of ether oxygens (including phenoxy) is 1. The molecule has 0 saturated heterocycles. The van der Waals surface area contributed by atoms with E-state index in [1.54, 1.807) is 25.3 Å². The molecule has 2 rings (SSSR count). The average Bonchev–Trinajstić information content (AvgIpc) is 2.61. The Hall–Kier alpha value is -3.08. The molecule has 0 fully saturated rings. The third-order valence-electron chi connectivity index (χ3n) is 3.46. The summed E-state index contributed by atoms with van der Waals surface area (Å²) in [7, 11) is 1.55. The van der Waals surface area contributed by atoms with Crippen LogP contribution in [0.15, 0.2) is 54.6 Å². The summed E-state index contributed by atoms with van der Waals surface area (Å²) in [4.78, 5) is 23.4. The Labute approximate surface area is 147 Å². The zero-order valence-corrected chi connectivity index (χ0v) is 14.4. The number of allylic oxidation sites excluding steroid dienone is 1. The number of anilines is 2. The predicted octanol–water partition coefficient (Wildman–Crippen LogP) is 4.09. The molecule has 5 heteroatoms. The summed E-state index contributed by atoms with van der Waals surface area (Å²) in [5, 5.41) is 5.52. The topological polar surface area (TPSA) is 67.4 Å². The summed E-state index contributed by atoms with van der Waals surface area (Å²) in [6.07, 6.45) is 4.93. The van der Waals surface area contributed by atoms with Gasteiger partial charge in [-0.25, -0.2) is 0 Å². The molecule has 0 spiro atoms. The summed E-state index contributed by atoms with van der Waals surface area (Å²) in [6, 6.07) is 15.0. The van der Waals surface area contributed by atoms with E-state index < -0.39 is 0 Å². The van der Waals surface area contributed by atoms with Crippen molar-refractivity contribution >= 4 is 29.3 Å². The van der Waals surface area contributed by atoms with Crippen LogP contribution in [-0.4, -0.2) is 18.9 Å². The van der Waals surface area contributed by atoms with Gasteiger partial charge in [-0.15, -0.1) is 0 Å². The quantitative estimate of drug-likeness (QED) is 0.799. The minimum atomic E-state index is -0.202. The first-order valence-electron chi connectivity index (χ1n) is 8.05. The van der Waals surface area contributed by atoms with Crippen LogP contribution in [0.4, 0.5) is 11.4 Å². The molecule has 0 heterocycles. The number of rotatable bonds is 7. The molecule has 0 aliphatic rings. The van der Waals surface area contributed by atoms with E-state index in [0.717, 1.165) is 5.56 Å². The standard InChI is InChI=1S/C20H22N2O3/c1-15(23)21-18-13-12-17(25-2)14-19(18)22-20(24)11-7-6-10-16-8-4-3-5-9-16/h3-6,8-10,12-14H,7,11H2,1-2H3,(H,21,23)(H,22,24). The summed E-state index contributed by atoms with van der Waals surface area (Å²) >= 11 is 0. The van der Waals surface area contributed by atoms with Gasteiger partial charge in [0.15, 0.2) is 0 Å². The second kappa shape index (κ2) is 9.27. The number of amides is 2. The lowest BCUT2D eigenvalue weighted by molar-refractivity contribution is -0.116. The fourth-order valence-corrected chi connectivity index (χ4v) is 2.26. The van der Waals surface area contributed by atoms with Crippen molar-refractivity contribution in [2.75, 3.05) is 17.7 Å². The van der Waals surface area contributed by atoms with Crippen LogP contribution in [0.25, 0.3) is 6.08 Å². The van der Waals surface area contributed by atoms with Crippen molar-refractivity contribution < 1.29 is 14.3 Å². The Morgan fingerprint density at radius 3 is 2.48 bits per heavy atom. The maximum atomic E-state index is 12.2. The highest BCUT2D eigenvalue weighted by atomic mass is 16.5. The van der Waals surface area contributed by atoms with E-state index in [4.69, 9.17) is 4.74 Å². The molecule has 130 valence electrons. The third kappa shape index (κ3) is 6.14. The van der Waals surface area contributed by atoms with E-state index >= 15 is 0 Å². The number of methoxy groups -OCH3 is 1. The van der Waals surface area contributed by atoms with Crippen LogP contribution in [0.1, 0.15) is 25.3 Å². The van der Waals surface area contributed by atoms with Crippen molar-refractivity contribution in [3.8, 4) is 5.75 Å². The number of benzene rings is 2. The Morgan fingerprint density at radius 1 is 1.04 bits per heavy atom. The highest BCUT2D eigenvalue weighted by Crippen LogP contribution is 2.27. The minimum Gasteiger partial charge on any atom is -0.497 e. The smallest absolute Gasteiger partial charge is 0.224 e. The Kier molecular flexibility index (Phi) is 6.77. The molecule has 0 atom stereocenters. The maximum absolute atomic E-state index is 12.2. The van der Waals surface area contributed by atoms with E-state index in [1.807, 2.05) is 42.5 Å². The summed E-state index contributed by atoms with van der Waals surface area (Å²) in [5.74, 6) is 0.275. The first-order chi connectivity index (χ1) is 12.1. The summed E-state index contributed by atoms with van der Waals surface area (Å²) in [6.45, 7) is 1.42. The molecule has 2 amide bonds. The van der Waals surface area contributed by atoms with Crippen LogP contribution in [0.5, 0.6) is 5.75 Å². The van der Waals surface area contributed by atoms with E-state index in [0.29, 0.717) is 30.0 Å². The molecular weight excluding hydrogens is 316 g/mol. The molecule has 0 saturated carbocycles. The lowest BCUT2D eigenvalue weighted by Crippen LogP contribution is -2.14. The fourth-order valence-electron chi connectivity index (χ4n) is 2.26. The molecule has 0 aromatic heterocycles. The molecule has 2 aromatic carbocycles. The first kappa shape index (κ1) is 18.3. The van der Waals surface area contributed by atoms with Gasteiger partial charge in [-0.1, -0.05) is 42.5 Å². The Morgan fingerprint density at radius 2 is 1.80 bits per heavy atom. The van der Waals surface area contributed by atoms with Gasteiger partial charge in [0.25, 0.3) is 0 Å². The number of hydrogen-bond acceptors (Lipinski definition) is 3. The second-order valence-electron chi connectivity index (χ2n) is 5.49. The van der Waals surface area contributed by atoms with Crippen LogP contribution in [0, 0.1) is 0 Å². The van der Waals surface area contributed by atoms with Crippen LogP contribution < -0.4 is 15.4 Å². The van der Waals surface area contributed by atoms with Crippen molar-refractivity contribution in [2.24, 2.45) is 0 Å². The number of hydrogen-bond donors (Lipinski definition) is 2. The zero-order chi connectivity index (χ0) is 18.1. The monoisotopic (exact) mass is 338 g/mol. The van der Waals surface area contributed by atoms with Crippen LogP contribution in [-0.2, 0) is 9.59 Å². The lowest BCUT2D eigenvalue weighted by Gasteiger charge is -2.12. The average molecular weight is 338 g/mol. The SMILES string of the molecule is COc1ccc(NC(C)=O)c(NC(=O)CCC=Cc2ccccc2)c1. The van der Waals surface area contributed by atoms with Gasteiger partial charge in [0, 0.05) is 19.4 Å².